The zero-order valence-electron chi connectivity index (χ0n) is 6.89. The minimum absolute atomic E-state index is 0.244. The molecule has 1 aromatic heterocycles. The lowest BCUT2D eigenvalue weighted by molar-refractivity contribution is -0.137. The first-order valence-corrected chi connectivity index (χ1v) is 3.47. The van der Waals surface area contributed by atoms with E-state index < -0.39 is 5.97 Å². The fourth-order valence-electron chi connectivity index (χ4n) is 0.752. The van der Waals surface area contributed by atoms with Crippen LogP contribution in [-0.4, -0.2) is 32.0 Å². The summed E-state index contributed by atoms with van der Waals surface area (Å²) >= 11 is 0. The van der Waals surface area contributed by atoms with Gasteiger partial charge in [-0.25, -0.2) is 4.68 Å². The second kappa shape index (κ2) is 3.65. The Labute approximate surface area is 73.4 Å². The number of hydrogen-bond acceptors (Lipinski definition) is 4. The van der Waals surface area contributed by atoms with Crippen molar-refractivity contribution in [2.75, 3.05) is 5.32 Å². The summed E-state index contributed by atoms with van der Waals surface area (Å²) in [5.41, 5.74) is 0. The summed E-state index contributed by atoms with van der Waals surface area (Å²) in [6.07, 6.45) is 1.34. The molecule has 0 saturated heterocycles. The molecule has 1 aromatic rings. The van der Waals surface area contributed by atoms with Crippen LogP contribution >= 0.6 is 0 Å². The number of aromatic nitrogens is 3. The molecular formula is C6H8N4O3. The Kier molecular flexibility index (Phi) is 2.58. The molecule has 0 radical (unpaired) electrons. The number of carbonyl (C=O) groups excluding carboxylic acids is 1. The highest BCUT2D eigenvalue weighted by molar-refractivity contribution is 5.87. The Balaban J connectivity index is 2.63. The number of carbonyl (C=O) groups is 2. The van der Waals surface area contributed by atoms with Crippen LogP contribution in [0.15, 0.2) is 6.20 Å². The number of carboxylic acid groups (broad SMARTS) is 1. The average Bonchev–Trinajstić information content (AvgIpc) is 2.33. The van der Waals surface area contributed by atoms with Gasteiger partial charge >= 0.3 is 5.97 Å². The molecule has 0 bridgehead atoms. The van der Waals surface area contributed by atoms with Gasteiger partial charge in [0.15, 0.2) is 5.82 Å². The summed E-state index contributed by atoms with van der Waals surface area (Å²) in [4.78, 5) is 20.8. The monoisotopic (exact) mass is 184 g/mol. The molecule has 0 spiro atoms. The first kappa shape index (κ1) is 9.17. The van der Waals surface area contributed by atoms with Gasteiger partial charge in [0.1, 0.15) is 6.54 Å². The first-order valence-electron chi connectivity index (χ1n) is 3.47. The van der Waals surface area contributed by atoms with Crippen molar-refractivity contribution < 1.29 is 14.7 Å². The molecule has 0 aliphatic carbocycles. The molecule has 70 valence electrons. The minimum atomic E-state index is -1.01. The molecule has 0 aliphatic rings. The summed E-state index contributed by atoms with van der Waals surface area (Å²) in [5.74, 6) is -1.05. The van der Waals surface area contributed by atoms with E-state index >= 15 is 0 Å². The van der Waals surface area contributed by atoms with Crippen molar-refractivity contribution in [3.63, 3.8) is 0 Å². The highest BCUT2D eigenvalue weighted by Crippen LogP contribution is 1.98. The predicted octanol–water partition coefficient (Wildman–Crippen LogP) is -0.679. The maximum absolute atomic E-state index is 10.5. The van der Waals surface area contributed by atoms with Crippen molar-refractivity contribution in [2.45, 2.75) is 13.5 Å². The summed E-state index contributed by atoms with van der Waals surface area (Å²) in [7, 11) is 0. The molecular weight excluding hydrogens is 176 g/mol. The lowest BCUT2D eigenvalue weighted by Crippen LogP contribution is -2.09. The van der Waals surface area contributed by atoms with Gasteiger partial charge in [-0.15, -0.1) is 5.10 Å². The third-order valence-corrected chi connectivity index (χ3v) is 1.14. The van der Waals surface area contributed by atoms with Gasteiger partial charge in [-0.05, 0) is 0 Å². The second-order valence-corrected chi connectivity index (χ2v) is 2.38. The van der Waals surface area contributed by atoms with Crippen LogP contribution in [0, 0.1) is 0 Å². The van der Waals surface area contributed by atoms with E-state index in [4.69, 9.17) is 5.11 Å². The van der Waals surface area contributed by atoms with Gasteiger partial charge in [0.25, 0.3) is 0 Å². The zero-order chi connectivity index (χ0) is 9.84. The van der Waals surface area contributed by atoms with Crippen molar-refractivity contribution in [3.8, 4) is 0 Å². The molecule has 7 nitrogen and oxygen atoms in total. The summed E-state index contributed by atoms with van der Waals surface area (Å²) in [6, 6.07) is 0. The Morgan fingerprint density at radius 2 is 2.38 bits per heavy atom. The van der Waals surface area contributed by atoms with Crippen LogP contribution in [0.1, 0.15) is 6.92 Å². The van der Waals surface area contributed by atoms with E-state index in [-0.39, 0.29) is 18.3 Å². The molecule has 1 rings (SSSR count). The van der Waals surface area contributed by atoms with E-state index in [9.17, 15) is 9.59 Å². The van der Waals surface area contributed by atoms with Crippen LogP contribution < -0.4 is 5.32 Å². The topological polar surface area (TPSA) is 97.1 Å². The summed E-state index contributed by atoms with van der Waals surface area (Å²) in [5, 5.41) is 17.8. The summed E-state index contributed by atoms with van der Waals surface area (Å²) < 4.78 is 1.12. The standard InChI is InChI=1S/C6H8N4O3/c1-4(11)7-5-2-10(9-8-5)3-6(12)13/h2H,3H2,1H3,(H,7,11)(H,12,13). The van der Waals surface area contributed by atoms with Crippen LogP contribution in [0.5, 0.6) is 0 Å². The van der Waals surface area contributed by atoms with E-state index in [1.165, 1.54) is 13.1 Å². The van der Waals surface area contributed by atoms with E-state index in [2.05, 4.69) is 15.6 Å². The first-order chi connectivity index (χ1) is 6.08. The number of amides is 1. The molecule has 2 N–H and O–H groups in total. The zero-order valence-corrected chi connectivity index (χ0v) is 6.89. The van der Waals surface area contributed by atoms with Crippen molar-refractivity contribution >= 4 is 17.7 Å². The number of carboxylic acids is 1. The van der Waals surface area contributed by atoms with Crippen LogP contribution in [0.4, 0.5) is 5.82 Å². The molecule has 0 aliphatic heterocycles. The molecule has 0 unspecified atom stereocenters. The van der Waals surface area contributed by atoms with E-state index in [0.29, 0.717) is 0 Å². The quantitative estimate of drug-likeness (QED) is 0.648. The third kappa shape index (κ3) is 2.89. The van der Waals surface area contributed by atoms with Crippen LogP contribution in [0.25, 0.3) is 0 Å². The van der Waals surface area contributed by atoms with Crippen LogP contribution in [0.2, 0.25) is 0 Å². The number of hydrogen-bond donors (Lipinski definition) is 2. The molecule has 0 fully saturated rings. The van der Waals surface area contributed by atoms with Crippen molar-refractivity contribution in [1.82, 2.24) is 15.0 Å². The molecule has 0 atom stereocenters. The van der Waals surface area contributed by atoms with Gasteiger partial charge in [-0.3, -0.25) is 9.59 Å². The fourth-order valence-corrected chi connectivity index (χ4v) is 0.752. The number of rotatable bonds is 3. The molecule has 7 heteroatoms. The summed E-state index contributed by atoms with van der Waals surface area (Å²) in [6.45, 7) is 1.06. The third-order valence-electron chi connectivity index (χ3n) is 1.14. The normalized spacial score (nSPS) is 9.62. The Bertz CT molecular complexity index is 302. The largest absolute Gasteiger partial charge is 0.480 e. The van der Waals surface area contributed by atoms with Crippen molar-refractivity contribution in [2.24, 2.45) is 0 Å². The van der Waals surface area contributed by atoms with Crippen LogP contribution in [-0.2, 0) is 16.1 Å². The highest BCUT2D eigenvalue weighted by atomic mass is 16.4. The lowest BCUT2D eigenvalue weighted by atomic mass is 10.6. The minimum Gasteiger partial charge on any atom is -0.480 e. The highest BCUT2D eigenvalue weighted by Gasteiger charge is 2.04. The smallest absolute Gasteiger partial charge is 0.325 e. The van der Waals surface area contributed by atoms with Gasteiger partial charge in [0, 0.05) is 6.92 Å². The molecule has 13 heavy (non-hydrogen) atoms. The van der Waals surface area contributed by atoms with Crippen molar-refractivity contribution in [1.29, 1.82) is 0 Å². The second-order valence-electron chi connectivity index (χ2n) is 2.38. The maximum atomic E-state index is 10.5. The van der Waals surface area contributed by atoms with Gasteiger partial charge in [0.05, 0.1) is 6.20 Å². The van der Waals surface area contributed by atoms with E-state index in [1.54, 1.807) is 0 Å². The SMILES string of the molecule is CC(=O)Nc1cn(CC(=O)O)nn1. The molecule has 0 saturated carbocycles. The van der Waals surface area contributed by atoms with Crippen LogP contribution in [0.3, 0.4) is 0 Å². The average molecular weight is 184 g/mol. The van der Waals surface area contributed by atoms with Crippen molar-refractivity contribution in [3.05, 3.63) is 6.20 Å². The Morgan fingerprint density at radius 3 is 2.92 bits per heavy atom. The predicted molar refractivity (Wildman–Crippen MR) is 42.0 cm³/mol. The molecule has 0 aromatic carbocycles. The fraction of sp³-hybridized carbons (Fsp3) is 0.333. The molecule has 1 heterocycles. The lowest BCUT2D eigenvalue weighted by Gasteiger charge is -1.92. The Morgan fingerprint density at radius 1 is 1.69 bits per heavy atom. The molecule has 1 amide bonds. The van der Waals surface area contributed by atoms with E-state index in [1.807, 2.05) is 0 Å². The number of anilines is 1. The van der Waals surface area contributed by atoms with E-state index in [0.717, 1.165) is 4.68 Å². The van der Waals surface area contributed by atoms with Gasteiger partial charge in [-0.2, -0.15) is 0 Å². The van der Waals surface area contributed by atoms with Gasteiger partial charge in [-0.1, -0.05) is 5.21 Å². The van der Waals surface area contributed by atoms with Gasteiger partial charge < -0.3 is 10.4 Å². The number of aliphatic carboxylic acids is 1. The number of nitrogens with zero attached hydrogens (tertiary/aromatic N) is 3. The van der Waals surface area contributed by atoms with Gasteiger partial charge in [0.2, 0.25) is 5.91 Å². The number of nitrogens with one attached hydrogen (secondary N) is 1. The Hall–Kier alpha value is -1.92. The maximum Gasteiger partial charge on any atom is 0.325 e.